The summed E-state index contributed by atoms with van der Waals surface area (Å²) in [4.78, 5) is 28.4. The largest absolute Gasteiger partial charge is 0.463 e. The molecule has 2 heterocycles. The van der Waals surface area contributed by atoms with Crippen molar-refractivity contribution in [2.45, 2.75) is 110 Å². The molecule has 1 aliphatic heterocycles. The highest BCUT2D eigenvalue weighted by Crippen LogP contribution is 2.87. The monoisotopic (exact) mass is 535 g/mol. The second kappa shape index (κ2) is 8.77. The molecule has 0 bridgehead atoms. The molecule has 1 aromatic heterocycles. The van der Waals surface area contributed by atoms with Gasteiger partial charge in [0.1, 0.15) is 12.7 Å². The molecule has 0 aromatic carbocycles. The quantitative estimate of drug-likeness (QED) is 0.417. The minimum absolute atomic E-state index is 0.0257. The summed E-state index contributed by atoms with van der Waals surface area (Å²) in [6.07, 6.45) is 15.8. The molecule has 6 heteroatoms. The highest BCUT2D eigenvalue weighted by molar-refractivity contribution is 5.89. The number of carbonyl (C=O) groups excluding carboxylic acids is 2. The van der Waals surface area contributed by atoms with Crippen molar-refractivity contribution >= 4 is 11.9 Å². The van der Waals surface area contributed by atoms with Gasteiger partial charge < -0.3 is 14.2 Å². The van der Waals surface area contributed by atoms with Crippen molar-refractivity contribution in [1.82, 2.24) is 4.98 Å². The molecule has 10 atom stereocenters. The first kappa shape index (κ1) is 26.0. The molecule has 6 fully saturated rings. The van der Waals surface area contributed by atoms with Crippen molar-refractivity contribution in [3.8, 4) is 0 Å². The van der Waals surface area contributed by atoms with Gasteiger partial charge in [0, 0.05) is 24.7 Å². The number of carbonyl (C=O) groups is 2. The summed E-state index contributed by atoms with van der Waals surface area (Å²) < 4.78 is 18.2. The Kier molecular flexibility index (Phi) is 5.84. The van der Waals surface area contributed by atoms with Gasteiger partial charge in [0.25, 0.3) is 0 Å². The minimum Gasteiger partial charge on any atom is -0.463 e. The predicted octanol–water partition coefficient (Wildman–Crippen LogP) is 6.38. The Labute approximate surface area is 232 Å². The summed E-state index contributed by atoms with van der Waals surface area (Å²) in [5, 5.41) is 0. The van der Waals surface area contributed by atoms with Crippen LogP contribution in [0.5, 0.6) is 0 Å². The van der Waals surface area contributed by atoms with Crippen LogP contribution in [-0.4, -0.2) is 41.8 Å². The van der Waals surface area contributed by atoms with Gasteiger partial charge in [-0.05, 0) is 116 Å². The molecule has 5 saturated carbocycles. The van der Waals surface area contributed by atoms with Crippen LogP contribution < -0.4 is 0 Å². The van der Waals surface area contributed by atoms with Gasteiger partial charge in [-0.1, -0.05) is 20.8 Å². The highest BCUT2D eigenvalue weighted by atomic mass is 16.6. The molecule has 0 N–H and O–H groups in total. The Morgan fingerprint density at radius 3 is 2.59 bits per heavy atom. The van der Waals surface area contributed by atoms with Crippen molar-refractivity contribution in [1.29, 1.82) is 0 Å². The lowest BCUT2D eigenvalue weighted by Crippen LogP contribution is -2.55. The van der Waals surface area contributed by atoms with Crippen LogP contribution in [0.4, 0.5) is 0 Å². The lowest BCUT2D eigenvalue weighted by Gasteiger charge is -2.59. The summed E-state index contributed by atoms with van der Waals surface area (Å²) in [5.74, 6) is 2.33. The summed E-state index contributed by atoms with van der Waals surface area (Å²) in [6.45, 7) is 9.22. The molecule has 9 unspecified atom stereocenters. The third-order valence-electron chi connectivity index (χ3n) is 13.2. The number of hydrogen-bond acceptors (Lipinski definition) is 6. The van der Waals surface area contributed by atoms with E-state index in [0.29, 0.717) is 46.4 Å². The van der Waals surface area contributed by atoms with E-state index < -0.39 is 0 Å². The first-order valence-electron chi connectivity index (χ1n) is 15.5. The molecule has 2 spiro atoms. The van der Waals surface area contributed by atoms with Gasteiger partial charge in [-0.3, -0.25) is 9.78 Å². The molecule has 212 valence electrons. The molecule has 6 aliphatic rings. The van der Waals surface area contributed by atoms with Crippen molar-refractivity contribution in [2.75, 3.05) is 6.61 Å². The number of pyridine rings is 1. The Balaban J connectivity index is 1.08. The number of ether oxygens (including phenoxy) is 3. The first-order chi connectivity index (χ1) is 18.6. The van der Waals surface area contributed by atoms with Crippen molar-refractivity contribution < 1.29 is 23.8 Å². The number of fused-ring (bicyclic) bond motifs is 4. The van der Waals surface area contributed by atoms with E-state index in [4.69, 9.17) is 14.2 Å². The molecule has 1 saturated heterocycles. The van der Waals surface area contributed by atoms with E-state index in [9.17, 15) is 9.59 Å². The molecule has 0 radical (unpaired) electrons. The Bertz CT molecular complexity index is 1150. The number of nitrogens with zero attached hydrogens (tertiary/aromatic N) is 1. The molecule has 0 amide bonds. The van der Waals surface area contributed by atoms with Crippen LogP contribution in [0, 0.1) is 45.3 Å². The smallest absolute Gasteiger partial charge is 0.339 e. The lowest BCUT2D eigenvalue weighted by molar-refractivity contribution is -0.154. The summed E-state index contributed by atoms with van der Waals surface area (Å²) in [6, 6.07) is 3.60. The van der Waals surface area contributed by atoms with Crippen molar-refractivity contribution in [2.24, 2.45) is 45.3 Å². The maximum atomic E-state index is 13.0. The van der Waals surface area contributed by atoms with Gasteiger partial charge in [0.2, 0.25) is 0 Å². The van der Waals surface area contributed by atoms with Gasteiger partial charge in [-0.25, -0.2) is 4.79 Å². The highest BCUT2D eigenvalue weighted by Gasteiger charge is 2.80. The maximum absolute atomic E-state index is 13.0. The number of esters is 2. The van der Waals surface area contributed by atoms with Crippen LogP contribution in [-0.2, 0) is 19.0 Å². The minimum atomic E-state index is -0.231. The van der Waals surface area contributed by atoms with E-state index in [2.05, 4.69) is 25.8 Å². The zero-order chi connectivity index (χ0) is 27.2. The predicted molar refractivity (Wildman–Crippen MR) is 146 cm³/mol. The fourth-order valence-electron chi connectivity index (χ4n) is 11.5. The van der Waals surface area contributed by atoms with E-state index in [1.165, 1.54) is 58.3 Å². The van der Waals surface area contributed by atoms with Gasteiger partial charge in [-0.2, -0.15) is 0 Å². The van der Waals surface area contributed by atoms with Crippen LogP contribution in [0.1, 0.15) is 102 Å². The summed E-state index contributed by atoms with van der Waals surface area (Å²) in [7, 11) is 0. The molecule has 39 heavy (non-hydrogen) atoms. The number of hydrogen-bond donors (Lipinski definition) is 0. The summed E-state index contributed by atoms with van der Waals surface area (Å²) in [5.41, 5.74) is 1.79. The zero-order valence-corrected chi connectivity index (χ0v) is 24.1. The lowest BCUT2D eigenvalue weighted by atomic mass is 9.46. The normalized spacial score (nSPS) is 46.9. The molecular weight excluding hydrogens is 490 g/mol. The molecule has 6 nitrogen and oxygen atoms in total. The van der Waals surface area contributed by atoms with E-state index in [1.807, 2.05) is 0 Å². The third-order valence-corrected chi connectivity index (χ3v) is 13.2. The fraction of sp³-hybridized carbons (Fsp3) is 0.788. The maximum Gasteiger partial charge on any atom is 0.339 e. The van der Waals surface area contributed by atoms with Gasteiger partial charge in [0.15, 0.2) is 0 Å². The van der Waals surface area contributed by atoms with Gasteiger partial charge >= 0.3 is 11.9 Å². The van der Waals surface area contributed by atoms with Crippen LogP contribution in [0.25, 0.3) is 0 Å². The van der Waals surface area contributed by atoms with Crippen LogP contribution in [0.2, 0.25) is 0 Å². The second-order valence-electron chi connectivity index (χ2n) is 14.9. The van der Waals surface area contributed by atoms with E-state index >= 15 is 0 Å². The topological polar surface area (TPSA) is 74.7 Å². The zero-order valence-electron chi connectivity index (χ0n) is 24.1. The van der Waals surface area contributed by atoms with Crippen molar-refractivity contribution in [3.63, 3.8) is 0 Å². The molecule has 1 aromatic rings. The third kappa shape index (κ3) is 3.65. The average Bonchev–Trinajstić information content (AvgIpc) is 3.49. The first-order valence-corrected chi connectivity index (χ1v) is 15.5. The van der Waals surface area contributed by atoms with Crippen LogP contribution >= 0.6 is 0 Å². The molecule has 5 aliphatic carbocycles. The number of aromatic nitrogens is 1. The van der Waals surface area contributed by atoms with Crippen LogP contribution in [0.15, 0.2) is 24.5 Å². The van der Waals surface area contributed by atoms with Gasteiger partial charge in [-0.15, -0.1) is 0 Å². The standard InChI is InChI=1S/C33H45NO5/c1-20(35)37-18-22-7-8-24-26(38-22)16-25-23-9-10-27-30(2,3)28(39-29(36)21-6-5-15-34-17-21)11-12-33(27)19-32(23,33)14-13-31(24,25)4/h5-6,15,17,22-28H,7-14,16,18-19H2,1-4H3/t22?,23?,24?,25?,26?,27?,28-,31?,32?,33?/m0/s1. The van der Waals surface area contributed by atoms with E-state index in [1.54, 1.807) is 24.5 Å². The van der Waals surface area contributed by atoms with Crippen molar-refractivity contribution in [3.05, 3.63) is 30.1 Å². The average molecular weight is 536 g/mol. The van der Waals surface area contributed by atoms with E-state index in [0.717, 1.165) is 24.7 Å². The second-order valence-corrected chi connectivity index (χ2v) is 14.9. The van der Waals surface area contributed by atoms with E-state index in [-0.39, 0.29) is 29.6 Å². The SMILES string of the molecule is CC(=O)OCC1CCC2C(CC3C4CCC5C(C)(C)[C@@H](OC(=O)c6cccnc6)CCC56CC46CCC23C)O1. The van der Waals surface area contributed by atoms with Crippen LogP contribution in [0.3, 0.4) is 0 Å². The van der Waals surface area contributed by atoms with Gasteiger partial charge in [0.05, 0.1) is 17.8 Å². The number of rotatable bonds is 4. The Morgan fingerprint density at radius 2 is 1.82 bits per heavy atom. The molecule has 7 rings (SSSR count). The Morgan fingerprint density at radius 1 is 1.00 bits per heavy atom. The fourth-order valence-corrected chi connectivity index (χ4v) is 11.5. The molecular formula is C33H45NO5. The Hall–Kier alpha value is -1.95. The summed E-state index contributed by atoms with van der Waals surface area (Å²) >= 11 is 0.